The first-order valence-electron chi connectivity index (χ1n) is 7.07. The van der Waals surface area contributed by atoms with Crippen LogP contribution in [0.5, 0.6) is 0 Å². The number of fused-ring (bicyclic) bond motifs is 1. The summed E-state index contributed by atoms with van der Waals surface area (Å²) in [6.45, 7) is 12.0. The van der Waals surface area contributed by atoms with E-state index in [0.29, 0.717) is 0 Å². The molecule has 102 valence electrons. The number of nitrogens with zero attached hydrogens (tertiary/aromatic N) is 1. The van der Waals surface area contributed by atoms with Crippen LogP contribution in [0.1, 0.15) is 45.4 Å². The number of nitrogens with one attached hydrogen (secondary N) is 1. The Morgan fingerprint density at radius 1 is 1.16 bits per heavy atom. The molecule has 0 radical (unpaired) electrons. The minimum Gasteiger partial charge on any atom is -0.384 e. The normalized spacial score (nSPS) is 11.8. The molecule has 2 rings (SSSR count). The van der Waals surface area contributed by atoms with E-state index in [9.17, 15) is 0 Å². The highest BCUT2D eigenvalue weighted by Gasteiger charge is 2.15. The van der Waals surface area contributed by atoms with Crippen LogP contribution in [0.15, 0.2) is 24.3 Å². The smallest absolute Gasteiger partial charge is 0.0726 e. The molecular weight excluding hydrogens is 232 g/mol. The van der Waals surface area contributed by atoms with E-state index in [-0.39, 0.29) is 5.41 Å². The molecule has 2 aromatic rings. The Labute approximate surface area is 116 Å². The summed E-state index contributed by atoms with van der Waals surface area (Å²) in [5.74, 6) is 0. The molecular formula is C17H24N2. The van der Waals surface area contributed by atoms with Gasteiger partial charge >= 0.3 is 0 Å². The molecule has 1 aromatic carbocycles. The molecule has 1 heterocycles. The van der Waals surface area contributed by atoms with E-state index < -0.39 is 0 Å². The largest absolute Gasteiger partial charge is 0.384 e. The maximum absolute atomic E-state index is 4.63. The van der Waals surface area contributed by atoms with Gasteiger partial charge < -0.3 is 5.32 Å². The maximum Gasteiger partial charge on any atom is 0.0726 e. The predicted octanol–water partition coefficient (Wildman–Crippen LogP) is 4.66. The van der Waals surface area contributed by atoms with Gasteiger partial charge in [-0.3, -0.25) is 4.98 Å². The molecule has 0 bridgehead atoms. The zero-order chi connectivity index (χ0) is 14.0. The molecule has 0 amide bonds. The van der Waals surface area contributed by atoms with Crippen LogP contribution in [-0.2, 0) is 5.41 Å². The minimum atomic E-state index is 0.168. The van der Waals surface area contributed by atoms with Crippen molar-refractivity contribution in [2.24, 2.45) is 0 Å². The molecule has 0 saturated heterocycles. The average molecular weight is 256 g/mol. The Hall–Kier alpha value is -1.57. The lowest BCUT2D eigenvalue weighted by Crippen LogP contribution is -2.11. The number of benzene rings is 1. The number of hydrogen-bond donors (Lipinski definition) is 1. The molecule has 0 aliphatic heterocycles. The molecule has 2 nitrogen and oxygen atoms in total. The van der Waals surface area contributed by atoms with Crippen molar-refractivity contribution < 1.29 is 0 Å². The fourth-order valence-electron chi connectivity index (χ4n) is 2.23. The van der Waals surface area contributed by atoms with Crippen LogP contribution >= 0.6 is 0 Å². The second kappa shape index (κ2) is 5.20. The van der Waals surface area contributed by atoms with Crippen molar-refractivity contribution in [1.29, 1.82) is 0 Å². The van der Waals surface area contributed by atoms with E-state index >= 15 is 0 Å². The highest BCUT2D eigenvalue weighted by Crippen LogP contribution is 2.29. The van der Waals surface area contributed by atoms with Crippen LogP contribution in [-0.4, -0.2) is 11.5 Å². The Balaban J connectivity index is 2.58. The van der Waals surface area contributed by atoms with Crippen LogP contribution in [0.4, 0.5) is 5.69 Å². The van der Waals surface area contributed by atoms with Crippen LogP contribution in [0.3, 0.4) is 0 Å². The summed E-state index contributed by atoms with van der Waals surface area (Å²) >= 11 is 0. The first-order valence-corrected chi connectivity index (χ1v) is 7.07. The van der Waals surface area contributed by atoms with Gasteiger partial charge in [-0.1, -0.05) is 33.8 Å². The van der Waals surface area contributed by atoms with Crippen molar-refractivity contribution in [3.05, 3.63) is 35.5 Å². The van der Waals surface area contributed by atoms with Crippen LogP contribution in [0, 0.1) is 6.92 Å². The van der Waals surface area contributed by atoms with Gasteiger partial charge in [0.05, 0.1) is 5.52 Å². The Kier molecular flexibility index (Phi) is 3.79. The van der Waals surface area contributed by atoms with E-state index in [1.807, 2.05) is 6.92 Å². The number of rotatable bonds is 3. The summed E-state index contributed by atoms with van der Waals surface area (Å²) in [6, 6.07) is 8.75. The fraction of sp³-hybridized carbons (Fsp3) is 0.471. The third-order valence-corrected chi connectivity index (χ3v) is 3.37. The summed E-state index contributed by atoms with van der Waals surface area (Å²) in [4.78, 5) is 4.63. The van der Waals surface area contributed by atoms with Gasteiger partial charge in [0.15, 0.2) is 0 Å². The second-order valence-electron chi connectivity index (χ2n) is 6.22. The van der Waals surface area contributed by atoms with Crippen LogP contribution in [0.2, 0.25) is 0 Å². The standard InChI is InChI=1S/C17H24N2/c1-6-9-18-16-10-12(2)19-15-8-7-13(11-14(15)16)17(3,4)5/h7-8,10-11H,6,9H2,1-5H3,(H,18,19). The minimum absolute atomic E-state index is 0.168. The second-order valence-corrected chi connectivity index (χ2v) is 6.22. The van der Waals surface area contributed by atoms with Crippen molar-refractivity contribution in [2.75, 3.05) is 11.9 Å². The number of aromatic nitrogens is 1. The first-order chi connectivity index (χ1) is 8.91. The number of pyridine rings is 1. The maximum atomic E-state index is 4.63. The molecule has 0 fully saturated rings. The van der Waals surface area contributed by atoms with E-state index in [0.717, 1.165) is 24.2 Å². The number of anilines is 1. The number of aryl methyl sites for hydroxylation is 1. The summed E-state index contributed by atoms with van der Waals surface area (Å²) in [5, 5.41) is 4.75. The van der Waals surface area contributed by atoms with Gasteiger partial charge in [-0.15, -0.1) is 0 Å². The van der Waals surface area contributed by atoms with E-state index in [2.05, 4.69) is 62.3 Å². The van der Waals surface area contributed by atoms with Gasteiger partial charge in [-0.25, -0.2) is 0 Å². The van der Waals surface area contributed by atoms with Gasteiger partial charge in [0, 0.05) is 23.3 Å². The lowest BCUT2D eigenvalue weighted by Gasteiger charge is -2.20. The quantitative estimate of drug-likeness (QED) is 0.863. The molecule has 0 unspecified atom stereocenters. The molecule has 0 aliphatic rings. The van der Waals surface area contributed by atoms with E-state index in [4.69, 9.17) is 0 Å². The Morgan fingerprint density at radius 2 is 1.89 bits per heavy atom. The van der Waals surface area contributed by atoms with E-state index in [1.165, 1.54) is 16.6 Å². The molecule has 1 aromatic heterocycles. The van der Waals surface area contributed by atoms with Crippen molar-refractivity contribution in [2.45, 2.75) is 46.5 Å². The highest BCUT2D eigenvalue weighted by atomic mass is 14.9. The summed E-state index contributed by atoms with van der Waals surface area (Å²) < 4.78 is 0. The molecule has 0 spiro atoms. The Morgan fingerprint density at radius 3 is 2.53 bits per heavy atom. The van der Waals surface area contributed by atoms with Crippen molar-refractivity contribution in [3.63, 3.8) is 0 Å². The summed E-state index contributed by atoms with van der Waals surface area (Å²) in [7, 11) is 0. The molecule has 1 N–H and O–H groups in total. The molecule has 2 heteroatoms. The number of hydrogen-bond acceptors (Lipinski definition) is 2. The molecule has 0 atom stereocenters. The predicted molar refractivity (Wildman–Crippen MR) is 84.0 cm³/mol. The monoisotopic (exact) mass is 256 g/mol. The van der Waals surface area contributed by atoms with Gasteiger partial charge in [-0.2, -0.15) is 0 Å². The topological polar surface area (TPSA) is 24.9 Å². The lowest BCUT2D eigenvalue weighted by atomic mass is 9.86. The third-order valence-electron chi connectivity index (χ3n) is 3.37. The lowest BCUT2D eigenvalue weighted by molar-refractivity contribution is 0.591. The molecule has 0 saturated carbocycles. The zero-order valence-corrected chi connectivity index (χ0v) is 12.7. The summed E-state index contributed by atoms with van der Waals surface area (Å²) in [5.41, 5.74) is 4.86. The Bertz CT molecular complexity index is 580. The van der Waals surface area contributed by atoms with E-state index in [1.54, 1.807) is 0 Å². The van der Waals surface area contributed by atoms with Gasteiger partial charge in [0.25, 0.3) is 0 Å². The van der Waals surface area contributed by atoms with Gasteiger partial charge in [0.1, 0.15) is 0 Å². The summed E-state index contributed by atoms with van der Waals surface area (Å²) in [6.07, 6.45) is 1.13. The molecule has 0 aliphatic carbocycles. The van der Waals surface area contributed by atoms with Crippen LogP contribution in [0.25, 0.3) is 10.9 Å². The van der Waals surface area contributed by atoms with Crippen molar-refractivity contribution in [3.8, 4) is 0 Å². The van der Waals surface area contributed by atoms with Gasteiger partial charge in [-0.05, 0) is 42.5 Å². The highest BCUT2D eigenvalue weighted by molar-refractivity contribution is 5.92. The zero-order valence-electron chi connectivity index (χ0n) is 12.7. The van der Waals surface area contributed by atoms with Crippen LogP contribution < -0.4 is 5.32 Å². The molecule has 19 heavy (non-hydrogen) atoms. The first kappa shape index (κ1) is 13.9. The average Bonchev–Trinajstić information content (AvgIpc) is 2.34. The third kappa shape index (κ3) is 3.06. The van der Waals surface area contributed by atoms with Crippen molar-refractivity contribution >= 4 is 16.6 Å². The van der Waals surface area contributed by atoms with Crippen molar-refractivity contribution in [1.82, 2.24) is 4.98 Å². The van der Waals surface area contributed by atoms with Gasteiger partial charge in [0.2, 0.25) is 0 Å². The SMILES string of the molecule is CCCNc1cc(C)nc2ccc(C(C)(C)C)cc12. The fourth-order valence-corrected chi connectivity index (χ4v) is 2.23.